The zero-order valence-electron chi connectivity index (χ0n) is 25.2. The number of nitrogens with two attached hydrogens (primary N) is 1. The van der Waals surface area contributed by atoms with Crippen molar-refractivity contribution in [1.82, 2.24) is 19.8 Å². The van der Waals surface area contributed by atoms with E-state index in [0.29, 0.717) is 43.4 Å². The number of carbonyl (C=O) groups is 3. The summed E-state index contributed by atoms with van der Waals surface area (Å²) in [6.45, 7) is 3.02. The lowest BCUT2D eigenvalue weighted by molar-refractivity contribution is -0.152. The van der Waals surface area contributed by atoms with Crippen molar-refractivity contribution >= 4 is 44.5 Å². The number of nitrogens with one attached hydrogen (secondary N) is 3. The number of aliphatic carboxylic acids is 1. The van der Waals surface area contributed by atoms with Crippen LogP contribution in [0.2, 0.25) is 0 Å². The highest BCUT2D eigenvalue weighted by Gasteiger charge is 2.36. The first-order chi connectivity index (χ1) is 21.5. The summed E-state index contributed by atoms with van der Waals surface area (Å²) in [5.41, 5.74) is 6.23. The minimum Gasteiger partial charge on any atom is -0.480 e. The largest absolute Gasteiger partial charge is 0.480 e. The van der Waals surface area contributed by atoms with E-state index in [1.54, 1.807) is 60.4 Å². The van der Waals surface area contributed by atoms with Crippen molar-refractivity contribution in [2.24, 2.45) is 11.7 Å². The van der Waals surface area contributed by atoms with Crippen molar-refractivity contribution in [2.75, 3.05) is 19.6 Å². The van der Waals surface area contributed by atoms with Gasteiger partial charge in [-0.3, -0.25) is 15.0 Å². The van der Waals surface area contributed by atoms with Gasteiger partial charge in [0.1, 0.15) is 12.1 Å². The molecule has 0 aromatic heterocycles. The predicted octanol–water partition coefficient (Wildman–Crippen LogP) is 2.49. The predicted molar refractivity (Wildman–Crippen MR) is 171 cm³/mol. The second-order valence-corrected chi connectivity index (χ2v) is 12.9. The molecule has 1 unspecified atom stereocenters. The molecule has 1 heterocycles. The summed E-state index contributed by atoms with van der Waals surface area (Å²) in [5, 5.41) is 21.9. The maximum Gasteiger partial charge on any atom is 0.326 e. The van der Waals surface area contributed by atoms with Gasteiger partial charge >= 0.3 is 5.97 Å². The Hall–Kier alpha value is -4.49. The lowest BCUT2D eigenvalue weighted by atomic mass is 9.97. The van der Waals surface area contributed by atoms with Crippen molar-refractivity contribution in [3.8, 4) is 0 Å². The normalized spacial score (nSPS) is 15.3. The summed E-state index contributed by atoms with van der Waals surface area (Å²) in [6, 6.07) is 17.8. The fourth-order valence-electron chi connectivity index (χ4n) is 5.51. The highest BCUT2D eigenvalue weighted by molar-refractivity contribution is 7.89. The van der Waals surface area contributed by atoms with Crippen LogP contribution in [0.15, 0.2) is 77.7 Å². The molecule has 2 amide bonds. The van der Waals surface area contributed by atoms with E-state index >= 15 is 0 Å². The van der Waals surface area contributed by atoms with Crippen LogP contribution in [0.3, 0.4) is 0 Å². The number of carboxylic acids is 1. The molecule has 1 aliphatic rings. The molecule has 0 aliphatic carbocycles. The van der Waals surface area contributed by atoms with Crippen molar-refractivity contribution in [3.05, 3.63) is 78.4 Å². The number of nitrogens with zero attached hydrogens (tertiary/aromatic N) is 2. The van der Waals surface area contributed by atoms with Gasteiger partial charge in [0.15, 0.2) is 5.96 Å². The Morgan fingerprint density at radius 3 is 2.29 bits per heavy atom. The molecule has 0 saturated carbocycles. The van der Waals surface area contributed by atoms with E-state index in [9.17, 15) is 27.9 Å². The van der Waals surface area contributed by atoms with E-state index in [1.807, 2.05) is 12.1 Å². The van der Waals surface area contributed by atoms with Gasteiger partial charge in [0.05, 0.1) is 11.3 Å². The van der Waals surface area contributed by atoms with Gasteiger partial charge in [-0.2, -0.15) is 4.72 Å². The Morgan fingerprint density at radius 1 is 1.02 bits per heavy atom. The van der Waals surface area contributed by atoms with Crippen LogP contribution in [0.4, 0.5) is 0 Å². The fourth-order valence-corrected chi connectivity index (χ4v) is 6.74. The minimum absolute atomic E-state index is 0.00402. The molecule has 2 atom stereocenters. The second-order valence-electron chi connectivity index (χ2n) is 11.2. The number of benzene rings is 3. The molecule has 4 rings (SSSR count). The molecule has 240 valence electrons. The van der Waals surface area contributed by atoms with Crippen LogP contribution < -0.4 is 15.8 Å². The Labute approximate surface area is 263 Å². The summed E-state index contributed by atoms with van der Waals surface area (Å²) in [6.07, 6.45) is 0.958. The van der Waals surface area contributed by atoms with E-state index in [0.717, 1.165) is 10.3 Å². The molecule has 0 spiro atoms. The Balaban J connectivity index is 1.59. The van der Waals surface area contributed by atoms with Crippen LogP contribution in [0.1, 0.15) is 38.2 Å². The van der Waals surface area contributed by atoms with Gasteiger partial charge in [0, 0.05) is 26.2 Å². The number of hydrogen-bond acceptors (Lipinski definition) is 6. The maximum atomic E-state index is 14.1. The van der Waals surface area contributed by atoms with Gasteiger partial charge in [-0.25, -0.2) is 13.2 Å². The van der Waals surface area contributed by atoms with Gasteiger partial charge < -0.3 is 26.0 Å². The number of likely N-dealkylation sites (tertiary alicyclic amines) is 1. The third-order valence-corrected chi connectivity index (χ3v) is 9.56. The first-order valence-corrected chi connectivity index (χ1v) is 16.4. The number of carbonyl (C=O) groups excluding carboxylic acids is 2. The molecule has 1 aliphatic heterocycles. The van der Waals surface area contributed by atoms with Crippen LogP contribution in [-0.2, 0) is 31.0 Å². The smallest absolute Gasteiger partial charge is 0.326 e. The minimum atomic E-state index is -4.31. The van der Waals surface area contributed by atoms with Gasteiger partial charge in [-0.15, -0.1) is 0 Å². The molecule has 12 nitrogen and oxygen atoms in total. The summed E-state index contributed by atoms with van der Waals surface area (Å²) in [5.74, 6) is -2.48. The Kier molecular flexibility index (Phi) is 11.1. The van der Waals surface area contributed by atoms with Crippen LogP contribution in [0, 0.1) is 11.3 Å². The van der Waals surface area contributed by atoms with E-state index in [4.69, 9.17) is 11.1 Å². The molecule has 0 radical (unpaired) electrons. The van der Waals surface area contributed by atoms with E-state index < -0.39 is 46.3 Å². The van der Waals surface area contributed by atoms with Gasteiger partial charge in [-0.1, -0.05) is 67.6 Å². The number of rotatable bonds is 13. The topological polar surface area (TPSA) is 186 Å². The molecule has 45 heavy (non-hydrogen) atoms. The van der Waals surface area contributed by atoms with Crippen LogP contribution >= 0.6 is 0 Å². The van der Waals surface area contributed by atoms with Crippen molar-refractivity contribution in [3.63, 3.8) is 0 Å². The molecule has 6 N–H and O–H groups in total. The Morgan fingerprint density at radius 2 is 1.67 bits per heavy atom. The maximum absolute atomic E-state index is 14.1. The van der Waals surface area contributed by atoms with Crippen LogP contribution in [-0.4, -0.2) is 78.8 Å². The lowest BCUT2D eigenvalue weighted by Crippen LogP contribution is -2.54. The van der Waals surface area contributed by atoms with Crippen LogP contribution in [0.25, 0.3) is 10.8 Å². The van der Waals surface area contributed by atoms with Gasteiger partial charge in [-0.05, 0) is 53.6 Å². The monoisotopic (exact) mass is 636 g/mol. The number of amides is 2. The molecule has 13 heteroatoms. The molecular formula is C32H40N6O6S. The first kappa shape index (κ1) is 33.4. The number of sulfonamides is 1. The summed E-state index contributed by atoms with van der Waals surface area (Å²) in [7, 11) is -4.31. The fraction of sp³-hybridized carbons (Fsp3) is 0.375. The number of piperidine rings is 1. The highest BCUT2D eigenvalue weighted by atomic mass is 32.2. The first-order valence-electron chi connectivity index (χ1n) is 14.9. The van der Waals surface area contributed by atoms with Crippen molar-refractivity contribution in [1.29, 1.82) is 5.41 Å². The SMILES string of the molecule is CCC(C(=O)O)N(Cc1ccccc1)C(=O)[C@H](CC(=O)NCC1CCN(C(=N)N)CC1)NS(=O)(=O)c1ccc2ccccc2c1. The average molecular weight is 637 g/mol. The molecule has 3 aromatic carbocycles. The van der Waals surface area contributed by atoms with E-state index in [1.165, 1.54) is 12.1 Å². The van der Waals surface area contributed by atoms with Crippen molar-refractivity contribution < 1.29 is 27.9 Å². The highest BCUT2D eigenvalue weighted by Crippen LogP contribution is 2.21. The molecule has 1 saturated heterocycles. The molecule has 0 bridgehead atoms. The second kappa shape index (κ2) is 15.0. The third-order valence-electron chi connectivity index (χ3n) is 8.09. The van der Waals surface area contributed by atoms with Crippen LogP contribution in [0.5, 0.6) is 0 Å². The average Bonchev–Trinajstić information content (AvgIpc) is 3.03. The standard InChI is InChI=1S/C32H40N6O6S/c1-2-28(31(41)42)38(21-23-8-4-3-5-9-23)30(40)27(19-29(39)35-20-22-14-16-37(17-15-22)32(33)34)36-45(43,44)26-13-12-24-10-6-7-11-25(24)18-26/h3-13,18,22,27-28,36H,2,14-17,19-21H2,1H3,(H3,33,34)(H,35,39)(H,41,42)/t27-,28?/m0/s1. The Bertz CT molecular complexity index is 1630. The molecule has 3 aromatic rings. The van der Waals surface area contributed by atoms with Gasteiger partial charge in [0.2, 0.25) is 21.8 Å². The van der Waals surface area contributed by atoms with Gasteiger partial charge in [0.25, 0.3) is 0 Å². The van der Waals surface area contributed by atoms with E-state index in [2.05, 4.69) is 10.0 Å². The third kappa shape index (κ3) is 8.79. The molecular weight excluding hydrogens is 596 g/mol. The van der Waals surface area contributed by atoms with Crippen molar-refractivity contribution in [2.45, 2.75) is 56.1 Å². The number of guanidine groups is 1. The summed E-state index contributed by atoms with van der Waals surface area (Å²) in [4.78, 5) is 42.4. The number of carboxylic acid groups (broad SMARTS) is 1. The number of hydrogen-bond donors (Lipinski definition) is 5. The summed E-state index contributed by atoms with van der Waals surface area (Å²) >= 11 is 0. The summed E-state index contributed by atoms with van der Waals surface area (Å²) < 4.78 is 29.7. The zero-order chi connectivity index (χ0) is 32.6. The molecule has 1 fully saturated rings. The quantitative estimate of drug-likeness (QED) is 0.140. The lowest BCUT2D eigenvalue weighted by Gasteiger charge is -2.33. The number of fused-ring (bicyclic) bond motifs is 1. The van der Waals surface area contributed by atoms with E-state index in [-0.39, 0.29) is 29.7 Å². The zero-order valence-corrected chi connectivity index (χ0v) is 26.0.